The van der Waals surface area contributed by atoms with Gasteiger partial charge in [-0.1, -0.05) is 15.9 Å². The van der Waals surface area contributed by atoms with Crippen molar-refractivity contribution in [2.24, 2.45) is 5.10 Å². The van der Waals surface area contributed by atoms with Gasteiger partial charge in [0.1, 0.15) is 0 Å². The van der Waals surface area contributed by atoms with Crippen LogP contribution in [0.1, 0.15) is 43.2 Å². The van der Waals surface area contributed by atoms with Crippen LogP contribution in [-0.4, -0.2) is 39.0 Å². The number of hydrazone groups is 1. The number of aryl methyl sites for hydroxylation is 2. The Hall–Kier alpha value is -3.92. The highest BCUT2D eigenvalue weighted by Gasteiger charge is 2.16. The van der Waals surface area contributed by atoms with Crippen LogP contribution in [0.15, 0.2) is 52.0 Å². The molecule has 0 aliphatic heterocycles. The van der Waals surface area contributed by atoms with Crippen molar-refractivity contribution < 1.29 is 24.6 Å². The van der Waals surface area contributed by atoms with E-state index in [1.807, 2.05) is 19.1 Å². The maximum atomic E-state index is 12.1. The van der Waals surface area contributed by atoms with Gasteiger partial charge in [-0.05, 0) is 68.8 Å². The number of carboxylic acid groups (broad SMARTS) is 2. The van der Waals surface area contributed by atoms with E-state index in [2.05, 4.69) is 31.8 Å². The number of amides is 2. The predicted molar refractivity (Wildman–Crippen MR) is 128 cm³/mol. The topological polar surface area (TPSA) is 133 Å². The quantitative estimate of drug-likeness (QED) is 0.280. The molecule has 3 aromatic rings. The molecule has 2 aromatic carbocycles. The molecular formula is C23H21BrN4O5. The van der Waals surface area contributed by atoms with Gasteiger partial charge in [0.05, 0.1) is 17.3 Å². The first-order chi connectivity index (χ1) is 15.6. The van der Waals surface area contributed by atoms with E-state index in [-0.39, 0.29) is 11.1 Å². The number of halogens is 1. The second kappa shape index (κ2) is 9.70. The van der Waals surface area contributed by atoms with Crippen LogP contribution in [-0.2, 0) is 0 Å². The summed E-state index contributed by atoms with van der Waals surface area (Å²) in [5.41, 5.74) is 6.24. The standard InChI is InChI=1S/C23H21BrN4O5/c1-12-6-18(4-5-20(12)24)26-23(33)27-25-11-17-7-13(2)28(14(17)3)19-9-15(21(29)30)8-16(10-19)22(31)32/h4-11H,1-3H3,(H,29,30)(H,31,32)(H2,26,27,33)/b25-11+. The molecule has 9 nitrogen and oxygen atoms in total. The summed E-state index contributed by atoms with van der Waals surface area (Å²) in [5.74, 6) is -2.44. The predicted octanol–water partition coefficient (Wildman–Crippen LogP) is 4.72. The first-order valence-electron chi connectivity index (χ1n) is 9.74. The number of nitrogens with one attached hydrogen (secondary N) is 2. The summed E-state index contributed by atoms with van der Waals surface area (Å²) >= 11 is 3.40. The van der Waals surface area contributed by atoms with Gasteiger partial charge in [-0.15, -0.1) is 0 Å². The Kier molecular flexibility index (Phi) is 6.98. The fourth-order valence-electron chi connectivity index (χ4n) is 3.34. The molecule has 0 fully saturated rings. The van der Waals surface area contributed by atoms with Gasteiger partial charge in [0, 0.05) is 32.8 Å². The van der Waals surface area contributed by atoms with Crippen LogP contribution in [0.5, 0.6) is 0 Å². The van der Waals surface area contributed by atoms with Crippen LogP contribution in [0.2, 0.25) is 0 Å². The van der Waals surface area contributed by atoms with Crippen molar-refractivity contribution in [3.63, 3.8) is 0 Å². The number of benzene rings is 2. The van der Waals surface area contributed by atoms with E-state index in [1.54, 1.807) is 30.5 Å². The Morgan fingerprint density at radius 1 is 0.970 bits per heavy atom. The summed E-state index contributed by atoms with van der Waals surface area (Å²) in [7, 11) is 0. The summed E-state index contributed by atoms with van der Waals surface area (Å²) < 4.78 is 2.66. The highest BCUT2D eigenvalue weighted by atomic mass is 79.9. The summed E-state index contributed by atoms with van der Waals surface area (Å²) in [5, 5.41) is 25.3. The molecule has 0 unspecified atom stereocenters. The highest BCUT2D eigenvalue weighted by Crippen LogP contribution is 2.23. The molecule has 33 heavy (non-hydrogen) atoms. The van der Waals surface area contributed by atoms with Crippen molar-refractivity contribution in [2.75, 3.05) is 5.32 Å². The minimum absolute atomic E-state index is 0.130. The Morgan fingerprint density at radius 3 is 2.18 bits per heavy atom. The largest absolute Gasteiger partial charge is 0.478 e. The molecule has 4 N–H and O–H groups in total. The SMILES string of the molecule is Cc1cc(NC(=O)N/N=C/c2cc(C)n(-c3cc(C(=O)O)cc(C(=O)O)c3)c2C)ccc1Br. The zero-order valence-corrected chi connectivity index (χ0v) is 19.6. The van der Waals surface area contributed by atoms with Crippen LogP contribution in [0.25, 0.3) is 5.69 Å². The third-order valence-corrected chi connectivity index (χ3v) is 5.82. The molecule has 10 heteroatoms. The second-order valence-corrected chi connectivity index (χ2v) is 8.18. The number of anilines is 1. The fourth-order valence-corrected chi connectivity index (χ4v) is 3.59. The average molecular weight is 513 g/mol. The van der Waals surface area contributed by atoms with Gasteiger partial charge in [-0.25, -0.2) is 19.8 Å². The molecule has 1 heterocycles. The molecule has 0 saturated heterocycles. The zero-order chi connectivity index (χ0) is 24.3. The van der Waals surface area contributed by atoms with E-state index in [1.165, 1.54) is 18.3 Å². The average Bonchev–Trinajstić information content (AvgIpc) is 3.03. The van der Waals surface area contributed by atoms with Crippen LogP contribution >= 0.6 is 15.9 Å². The number of aromatic carboxylic acids is 2. The van der Waals surface area contributed by atoms with Crippen molar-refractivity contribution in [3.8, 4) is 5.69 Å². The van der Waals surface area contributed by atoms with Crippen molar-refractivity contribution in [1.82, 2.24) is 9.99 Å². The number of urea groups is 1. The molecule has 0 bridgehead atoms. The lowest BCUT2D eigenvalue weighted by molar-refractivity contribution is 0.0696. The minimum Gasteiger partial charge on any atom is -0.478 e. The number of aromatic nitrogens is 1. The highest BCUT2D eigenvalue weighted by molar-refractivity contribution is 9.10. The Bertz CT molecular complexity index is 1260. The Morgan fingerprint density at radius 2 is 1.61 bits per heavy atom. The monoisotopic (exact) mass is 512 g/mol. The molecule has 3 rings (SSSR count). The number of rotatable bonds is 6. The number of carbonyl (C=O) groups is 3. The molecule has 0 atom stereocenters. The lowest BCUT2D eigenvalue weighted by atomic mass is 10.1. The molecule has 2 amide bonds. The Labute approximate surface area is 197 Å². The van der Waals surface area contributed by atoms with E-state index >= 15 is 0 Å². The van der Waals surface area contributed by atoms with Crippen LogP contribution in [0.4, 0.5) is 10.5 Å². The minimum atomic E-state index is -1.22. The third kappa shape index (κ3) is 5.47. The smallest absolute Gasteiger partial charge is 0.339 e. The molecule has 0 aliphatic carbocycles. The van der Waals surface area contributed by atoms with Crippen molar-refractivity contribution in [2.45, 2.75) is 20.8 Å². The van der Waals surface area contributed by atoms with E-state index in [0.29, 0.717) is 22.6 Å². The number of hydrogen-bond donors (Lipinski definition) is 4. The summed E-state index contributed by atoms with van der Waals surface area (Å²) in [4.78, 5) is 35.0. The van der Waals surface area contributed by atoms with Gasteiger partial charge in [0.2, 0.25) is 0 Å². The third-order valence-electron chi connectivity index (χ3n) is 4.93. The zero-order valence-electron chi connectivity index (χ0n) is 18.0. The van der Waals surface area contributed by atoms with E-state index in [9.17, 15) is 24.6 Å². The lowest BCUT2D eigenvalue weighted by Gasteiger charge is -2.12. The molecule has 0 radical (unpaired) electrons. The van der Waals surface area contributed by atoms with Crippen LogP contribution < -0.4 is 10.7 Å². The number of carbonyl (C=O) groups excluding carboxylic acids is 1. The van der Waals surface area contributed by atoms with Gasteiger partial charge in [0.25, 0.3) is 0 Å². The molecule has 0 saturated carbocycles. The fraction of sp³-hybridized carbons (Fsp3) is 0.130. The van der Waals surface area contributed by atoms with E-state index in [4.69, 9.17) is 0 Å². The first kappa shape index (κ1) is 23.7. The van der Waals surface area contributed by atoms with Gasteiger partial charge in [0.15, 0.2) is 0 Å². The van der Waals surface area contributed by atoms with Gasteiger partial charge >= 0.3 is 18.0 Å². The molecule has 0 aliphatic rings. The van der Waals surface area contributed by atoms with Gasteiger partial charge < -0.3 is 20.1 Å². The first-order valence-corrected chi connectivity index (χ1v) is 10.5. The Balaban J connectivity index is 1.81. The normalized spacial score (nSPS) is 10.9. The summed E-state index contributed by atoms with van der Waals surface area (Å²) in [6, 6.07) is 10.6. The summed E-state index contributed by atoms with van der Waals surface area (Å²) in [6.45, 7) is 5.49. The maximum absolute atomic E-state index is 12.1. The van der Waals surface area contributed by atoms with Crippen molar-refractivity contribution in [1.29, 1.82) is 0 Å². The van der Waals surface area contributed by atoms with E-state index < -0.39 is 18.0 Å². The maximum Gasteiger partial charge on any atom is 0.339 e. The van der Waals surface area contributed by atoms with Gasteiger partial charge in [-0.3, -0.25) is 0 Å². The molecule has 1 aromatic heterocycles. The van der Waals surface area contributed by atoms with Gasteiger partial charge in [-0.2, -0.15) is 5.10 Å². The lowest BCUT2D eigenvalue weighted by Crippen LogP contribution is -2.24. The molecule has 0 spiro atoms. The van der Waals surface area contributed by atoms with E-state index in [0.717, 1.165) is 21.8 Å². The number of hydrogen-bond acceptors (Lipinski definition) is 4. The second-order valence-electron chi connectivity index (χ2n) is 7.33. The molecular weight excluding hydrogens is 492 g/mol. The molecule has 170 valence electrons. The summed E-state index contributed by atoms with van der Waals surface area (Å²) in [6.07, 6.45) is 1.46. The van der Waals surface area contributed by atoms with Crippen LogP contribution in [0.3, 0.4) is 0 Å². The number of nitrogens with zero attached hydrogens (tertiary/aromatic N) is 2. The number of carboxylic acids is 2. The van der Waals surface area contributed by atoms with Crippen molar-refractivity contribution >= 4 is 45.8 Å². The van der Waals surface area contributed by atoms with Crippen molar-refractivity contribution in [3.05, 3.63) is 80.6 Å². The van der Waals surface area contributed by atoms with Crippen LogP contribution in [0, 0.1) is 20.8 Å².